The molecule has 14 heavy (non-hydrogen) atoms. The molecule has 0 radical (unpaired) electrons. The molecule has 78 valence electrons. The summed E-state index contributed by atoms with van der Waals surface area (Å²) in [7, 11) is 1.68. The van der Waals surface area contributed by atoms with E-state index in [1.165, 1.54) is 0 Å². The maximum atomic E-state index is 5.95. The van der Waals surface area contributed by atoms with E-state index >= 15 is 0 Å². The molecule has 0 atom stereocenters. The smallest absolute Gasteiger partial charge is 0.138 e. The molecule has 0 bridgehead atoms. The molecular formula is C10H12ClIO2. The predicted octanol–water partition coefficient (Wildman–Crippen LogP) is 3.36. The lowest BCUT2D eigenvalue weighted by molar-refractivity contribution is 0.172. The van der Waals surface area contributed by atoms with Crippen LogP contribution in [0, 0.1) is 3.57 Å². The molecule has 0 aliphatic carbocycles. The van der Waals surface area contributed by atoms with Crippen LogP contribution in [0.5, 0.6) is 5.75 Å². The van der Waals surface area contributed by atoms with Gasteiger partial charge in [0.25, 0.3) is 0 Å². The molecular weight excluding hydrogens is 314 g/mol. The van der Waals surface area contributed by atoms with E-state index in [0.29, 0.717) is 18.2 Å². The third-order valence-electron chi connectivity index (χ3n) is 1.64. The van der Waals surface area contributed by atoms with Crippen molar-refractivity contribution in [3.63, 3.8) is 0 Å². The number of benzene rings is 1. The highest BCUT2D eigenvalue weighted by Crippen LogP contribution is 2.26. The first-order valence-electron chi connectivity index (χ1n) is 4.31. The normalized spacial score (nSPS) is 10.2. The van der Waals surface area contributed by atoms with Gasteiger partial charge in [0.2, 0.25) is 0 Å². The second-order valence-corrected chi connectivity index (χ2v) is 4.42. The third-order valence-corrected chi connectivity index (χ3v) is 2.63. The van der Waals surface area contributed by atoms with Crippen molar-refractivity contribution in [3.8, 4) is 5.75 Å². The topological polar surface area (TPSA) is 18.5 Å². The molecule has 0 saturated carbocycles. The summed E-state index contributed by atoms with van der Waals surface area (Å²) in [6.07, 6.45) is 0.873. The molecule has 0 amide bonds. The summed E-state index contributed by atoms with van der Waals surface area (Å²) in [6, 6.07) is 5.72. The van der Waals surface area contributed by atoms with Crippen molar-refractivity contribution >= 4 is 34.2 Å². The van der Waals surface area contributed by atoms with Gasteiger partial charge in [0.05, 0.1) is 11.6 Å². The summed E-state index contributed by atoms with van der Waals surface area (Å²) in [6.45, 7) is 1.34. The quantitative estimate of drug-likeness (QED) is 0.610. The lowest BCUT2D eigenvalue weighted by Crippen LogP contribution is -2.01. The number of rotatable bonds is 5. The number of hydrogen-bond donors (Lipinski definition) is 0. The fraction of sp³-hybridized carbons (Fsp3) is 0.400. The van der Waals surface area contributed by atoms with Crippen LogP contribution in [-0.2, 0) is 4.74 Å². The van der Waals surface area contributed by atoms with Gasteiger partial charge < -0.3 is 9.47 Å². The summed E-state index contributed by atoms with van der Waals surface area (Å²) >= 11 is 8.18. The fourth-order valence-electron chi connectivity index (χ4n) is 0.973. The van der Waals surface area contributed by atoms with Crippen molar-refractivity contribution in [2.75, 3.05) is 20.3 Å². The van der Waals surface area contributed by atoms with Crippen molar-refractivity contribution in [1.82, 2.24) is 0 Å². The number of halogens is 2. The Kier molecular flexibility index (Phi) is 5.59. The molecule has 0 unspecified atom stereocenters. The van der Waals surface area contributed by atoms with E-state index in [9.17, 15) is 0 Å². The van der Waals surface area contributed by atoms with Crippen LogP contribution >= 0.6 is 34.2 Å². The van der Waals surface area contributed by atoms with E-state index in [0.717, 1.165) is 15.7 Å². The first-order chi connectivity index (χ1) is 6.74. The molecule has 2 nitrogen and oxygen atoms in total. The minimum atomic E-state index is 0.633. The Balaban J connectivity index is 2.45. The lowest BCUT2D eigenvalue weighted by Gasteiger charge is -2.07. The molecule has 0 aliphatic rings. The number of ether oxygens (including phenoxy) is 2. The van der Waals surface area contributed by atoms with Crippen LogP contribution in [0.1, 0.15) is 6.42 Å². The minimum Gasteiger partial charge on any atom is -0.492 e. The zero-order valence-electron chi connectivity index (χ0n) is 7.93. The average molecular weight is 327 g/mol. The van der Waals surface area contributed by atoms with Gasteiger partial charge in [-0.25, -0.2) is 0 Å². The molecule has 0 aromatic heterocycles. The first kappa shape index (κ1) is 12.1. The first-order valence-corrected chi connectivity index (χ1v) is 5.76. The Bertz CT molecular complexity index is 291. The van der Waals surface area contributed by atoms with Crippen LogP contribution in [0.15, 0.2) is 18.2 Å². The molecule has 4 heteroatoms. The SMILES string of the molecule is COCCCOc1cc(I)ccc1Cl. The molecule has 1 rings (SSSR count). The van der Waals surface area contributed by atoms with Gasteiger partial charge in [-0.15, -0.1) is 0 Å². The van der Waals surface area contributed by atoms with Crippen LogP contribution in [0.4, 0.5) is 0 Å². The molecule has 0 spiro atoms. The van der Waals surface area contributed by atoms with Crippen LogP contribution < -0.4 is 4.74 Å². The lowest BCUT2D eigenvalue weighted by atomic mass is 10.3. The van der Waals surface area contributed by atoms with Gasteiger partial charge in [-0.1, -0.05) is 11.6 Å². The van der Waals surface area contributed by atoms with Gasteiger partial charge in [0.1, 0.15) is 5.75 Å². The van der Waals surface area contributed by atoms with Gasteiger partial charge in [-0.05, 0) is 40.8 Å². The van der Waals surface area contributed by atoms with E-state index < -0.39 is 0 Å². The standard InChI is InChI=1S/C10H12ClIO2/c1-13-5-2-6-14-10-7-8(12)3-4-9(10)11/h3-4,7H,2,5-6H2,1H3. The summed E-state index contributed by atoms with van der Waals surface area (Å²) in [5.41, 5.74) is 0. The zero-order valence-corrected chi connectivity index (χ0v) is 10.8. The summed E-state index contributed by atoms with van der Waals surface area (Å²) in [5, 5.41) is 0.655. The molecule has 0 fully saturated rings. The highest BCUT2D eigenvalue weighted by atomic mass is 127. The average Bonchev–Trinajstić information content (AvgIpc) is 2.18. The summed E-state index contributed by atoms with van der Waals surface area (Å²) < 4.78 is 11.5. The van der Waals surface area contributed by atoms with Crippen molar-refractivity contribution in [2.24, 2.45) is 0 Å². The maximum absolute atomic E-state index is 5.95. The Morgan fingerprint density at radius 2 is 2.14 bits per heavy atom. The molecule has 0 N–H and O–H groups in total. The van der Waals surface area contributed by atoms with Crippen LogP contribution in [0.25, 0.3) is 0 Å². The monoisotopic (exact) mass is 326 g/mol. The Morgan fingerprint density at radius 1 is 1.36 bits per heavy atom. The Labute approximate surface area is 103 Å². The second kappa shape index (κ2) is 6.48. The predicted molar refractivity (Wildman–Crippen MR) is 66.2 cm³/mol. The highest BCUT2D eigenvalue weighted by molar-refractivity contribution is 14.1. The molecule has 0 saturated heterocycles. The Hall–Kier alpha value is -0.0000000000000000555. The zero-order chi connectivity index (χ0) is 10.4. The molecule has 1 aromatic carbocycles. The van der Waals surface area contributed by atoms with E-state index in [-0.39, 0.29) is 0 Å². The highest BCUT2D eigenvalue weighted by Gasteiger charge is 2.01. The Morgan fingerprint density at radius 3 is 2.86 bits per heavy atom. The summed E-state index contributed by atoms with van der Waals surface area (Å²) in [5.74, 6) is 0.745. The van der Waals surface area contributed by atoms with E-state index in [4.69, 9.17) is 21.1 Å². The van der Waals surface area contributed by atoms with E-state index in [2.05, 4.69) is 22.6 Å². The van der Waals surface area contributed by atoms with Gasteiger partial charge in [0.15, 0.2) is 0 Å². The van der Waals surface area contributed by atoms with Crippen molar-refractivity contribution < 1.29 is 9.47 Å². The number of methoxy groups -OCH3 is 1. The summed E-state index contributed by atoms with van der Waals surface area (Å²) in [4.78, 5) is 0. The van der Waals surface area contributed by atoms with Crippen LogP contribution in [0.3, 0.4) is 0 Å². The maximum Gasteiger partial charge on any atom is 0.138 e. The molecule has 0 aliphatic heterocycles. The van der Waals surface area contributed by atoms with Crippen molar-refractivity contribution in [2.45, 2.75) is 6.42 Å². The van der Waals surface area contributed by atoms with Gasteiger partial charge in [-0.2, -0.15) is 0 Å². The van der Waals surface area contributed by atoms with Crippen molar-refractivity contribution in [3.05, 3.63) is 26.8 Å². The van der Waals surface area contributed by atoms with Crippen molar-refractivity contribution in [1.29, 1.82) is 0 Å². The second-order valence-electron chi connectivity index (χ2n) is 2.77. The van der Waals surface area contributed by atoms with Gasteiger partial charge >= 0.3 is 0 Å². The van der Waals surface area contributed by atoms with Crippen LogP contribution in [-0.4, -0.2) is 20.3 Å². The largest absolute Gasteiger partial charge is 0.492 e. The van der Waals surface area contributed by atoms with Gasteiger partial charge in [-0.3, -0.25) is 0 Å². The van der Waals surface area contributed by atoms with E-state index in [1.807, 2.05) is 18.2 Å². The molecule has 0 heterocycles. The fourth-order valence-corrected chi connectivity index (χ4v) is 1.61. The van der Waals surface area contributed by atoms with Gasteiger partial charge in [0, 0.05) is 23.7 Å². The number of hydrogen-bond acceptors (Lipinski definition) is 2. The molecule has 1 aromatic rings. The van der Waals surface area contributed by atoms with E-state index in [1.54, 1.807) is 7.11 Å². The third kappa shape index (κ3) is 4.02. The van der Waals surface area contributed by atoms with Crippen LogP contribution in [0.2, 0.25) is 5.02 Å². The minimum absolute atomic E-state index is 0.633.